The van der Waals surface area contributed by atoms with Crippen molar-refractivity contribution in [2.75, 3.05) is 45.4 Å². The monoisotopic (exact) mass is 394 g/mol. The molecule has 0 unspecified atom stereocenters. The predicted octanol–water partition coefficient (Wildman–Crippen LogP) is 3.05. The molecule has 0 amide bonds. The molecule has 150 valence electrons. The van der Waals surface area contributed by atoms with Crippen LogP contribution in [0, 0.1) is 0 Å². The van der Waals surface area contributed by atoms with Gasteiger partial charge in [-0.1, -0.05) is 0 Å². The first-order chi connectivity index (χ1) is 14.0. The highest BCUT2D eigenvalue weighted by atomic mass is 16.5. The highest BCUT2D eigenvalue weighted by Gasteiger charge is 2.14. The van der Waals surface area contributed by atoms with Gasteiger partial charge < -0.3 is 24.5 Å². The van der Waals surface area contributed by atoms with Gasteiger partial charge >= 0.3 is 6.01 Å². The van der Waals surface area contributed by atoms with Crippen molar-refractivity contribution in [3.8, 4) is 11.5 Å². The van der Waals surface area contributed by atoms with E-state index in [-0.39, 0.29) is 0 Å². The van der Waals surface area contributed by atoms with Crippen LogP contribution in [0.1, 0.15) is 0 Å². The molecule has 2 aromatic heterocycles. The second-order valence-electron chi connectivity index (χ2n) is 6.77. The van der Waals surface area contributed by atoms with E-state index in [0.717, 1.165) is 11.9 Å². The lowest BCUT2D eigenvalue weighted by atomic mass is 10.2. The number of nitrogens with one attached hydrogen (secondary N) is 1. The van der Waals surface area contributed by atoms with Crippen molar-refractivity contribution in [3.63, 3.8) is 0 Å². The average Bonchev–Trinajstić information content (AvgIpc) is 3.08. The molecule has 4 rings (SSSR count). The number of rotatable bonds is 7. The Morgan fingerprint density at radius 3 is 2.76 bits per heavy atom. The number of aromatic nitrogens is 3. The molecule has 9 heteroatoms. The molecule has 9 nitrogen and oxygen atoms in total. The van der Waals surface area contributed by atoms with Gasteiger partial charge in [0, 0.05) is 29.8 Å². The Hall–Kier alpha value is -3.59. The third-order valence-electron chi connectivity index (χ3n) is 4.35. The normalized spacial score (nSPS) is 11.3. The number of nitrogens with zero attached hydrogens (tertiary/aromatic N) is 4. The second kappa shape index (κ2) is 7.80. The molecule has 0 fully saturated rings. The van der Waals surface area contributed by atoms with Crippen LogP contribution in [0.4, 0.5) is 17.5 Å². The van der Waals surface area contributed by atoms with E-state index < -0.39 is 0 Å². The van der Waals surface area contributed by atoms with E-state index >= 15 is 0 Å². The van der Waals surface area contributed by atoms with Gasteiger partial charge in [-0.25, -0.2) is 9.97 Å². The van der Waals surface area contributed by atoms with Gasteiger partial charge in [-0.05, 0) is 32.3 Å². The molecule has 3 N–H and O–H groups in total. The van der Waals surface area contributed by atoms with E-state index in [1.165, 1.54) is 6.33 Å². The highest BCUT2D eigenvalue weighted by Crippen LogP contribution is 2.35. The molecule has 0 spiro atoms. The van der Waals surface area contributed by atoms with Crippen LogP contribution in [-0.4, -0.2) is 54.2 Å². The van der Waals surface area contributed by atoms with Crippen LogP contribution in [0.3, 0.4) is 0 Å². The zero-order valence-electron chi connectivity index (χ0n) is 16.5. The predicted molar refractivity (Wildman–Crippen MR) is 112 cm³/mol. The lowest BCUT2D eigenvalue weighted by Crippen LogP contribution is -2.19. The van der Waals surface area contributed by atoms with Gasteiger partial charge in [0.2, 0.25) is 0 Å². The van der Waals surface area contributed by atoms with Gasteiger partial charge in [0.05, 0.1) is 12.6 Å². The molecule has 0 aliphatic heterocycles. The number of fused-ring (bicyclic) bond motifs is 2. The third kappa shape index (κ3) is 3.99. The summed E-state index contributed by atoms with van der Waals surface area (Å²) in [5.41, 5.74) is 8.42. The van der Waals surface area contributed by atoms with Crippen molar-refractivity contribution in [3.05, 3.63) is 36.7 Å². The molecule has 0 saturated carbocycles. The van der Waals surface area contributed by atoms with E-state index in [0.29, 0.717) is 52.2 Å². The Bertz CT molecular complexity index is 1160. The van der Waals surface area contributed by atoms with Crippen LogP contribution in [0.5, 0.6) is 11.5 Å². The molecule has 2 heterocycles. The van der Waals surface area contributed by atoms with Crippen LogP contribution in [0.2, 0.25) is 0 Å². The van der Waals surface area contributed by atoms with Crippen LogP contribution >= 0.6 is 0 Å². The minimum atomic E-state index is 0.316. The zero-order chi connectivity index (χ0) is 20.4. The van der Waals surface area contributed by atoms with E-state index in [1.807, 2.05) is 31.1 Å². The van der Waals surface area contributed by atoms with Gasteiger partial charge in [0.25, 0.3) is 0 Å². The Morgan fingerprint density at radius 2 is 1.97 bits per heavy atom. The number of hydrogen-bond donors (Lipinski definition) is 2. The molecule has 0 bridgehead atoms. The Morgan fingerprint density at radius 1 is 1.10 bits per heavy atom. The number of hydrogen-bond acceptors (Lipinski definition) is 9. The Labute approximate surface area is 167 Å². The van der Waals surface area contributed by atoms with Gasteiger partial charge in [-0.3, -0.25) is 5.32 Å². The summed E-state index contributed by atoms with van der Waals surface area (Å²) in [6, 6.07) is 9.30. The molecule has 0 atom stereocenters. The van der Waals surface area contributed by atoms with Crippen molar-refractivity contribution < 1.29 is 13.9 Å². The maximum absolute atomic E-state index is 5.87. The summed E-state index contributed by atoms with van der Waals surface area (Å²) >= 11 is 0. The fraction of sp³-hybridized carbons (Fsp3) is 0.250. The largest absolute Gasteiger partial charge is 0.493 e. The molecule has 0 aliphatic rings. The topological polar surface area (TPSA) is 112 Å². The van der Waals surface area contributed by atoms with Crippen molar-refractivity contribution in [1.29, 1.82) is 0 Å². The Balaban J connectivity index is 1.67. The van der Waals surface area contributed by atoms with Crippen molar-refractivity contribution in [2.45, 2.75) is 0 Å². The maximum atomic E-state index is 5.87. The Kier molecular flexibility index (Phi) is 5.05. The molecular formula is C20H22N6O3. The van der Waals surface area contributed by atoms with Gasteiger partial charge in [0.15, 0.2) is 17.1 Å². The number of benzene rings is 2. The fourth-order valence-electron chi connectivity index (χ4n) is 2.87. The number of likely N-dealkylation sites (N-methyl/N-ethyl adjacent to an activating group) is 1. The van der Waals surface area contributed by atoms with Crippen molar-refractivity contribution >= 4 is 39.5 Å². The van der Waals surface area contributed by atoms with E-state index in [1.54, 1.807) is 25.3 Å². The minimum absolute atomic E-state index is 0.316. The number of ether oxygens (including phenoxy) is 2. The standard InChI is InChI=1S/C20H22N6O3/c1-26(2)6-7-28-18-10-15-13(9-17(18)27-3)19(23-11-22-15)25-20-24-14-5-4-12(21)8-16(14)29-20/h4-5,8-11H,6-7,21H2,1-3H3,(H,22,23,24,25). The van der Waals surface area contributed by atoms with Gasteiger partial charge in [0.1, 0.15) is 24.3 Å². The molecule has 29 heavy (non-hydrogen) atoms. The lowest BCUT2D eigenvalue weighted by molar-refractivity contribution is 0.251. The first-order valence-electron chi connectivity index (χ1n) is 9.07. The highest BCUT2D eigenvalue weighted by molar-refractivity contribution is 5.93. The summed E-state index contributed by atoms with van der Waals surface area (Å²) in [4.78, 5) is 15.1. The summed E-state index contributed by atoms with van der Waals surface area (Å²) in [5, 5.41) is 3.87. The first kappa shape index (κ1) is 18.8. The summed E-state index contributed by atoms with van der Waals surface area (Å²) in [5.74, 6) is 1.77. The second-order valence-corrected chi connectivity index (χ2v) is 6.77. The van der Waals surface area contributed by atoms with Crippen molar-refractivity contribution in [2.24, 2.45) is 0 Å². The van der Waals surface area contributed by atoms with Crippen LogP contribution in [-0.2, 0) is 0 Å². The van der Waals surface area contributed by atoms with Crippen LogP contribution < -0.4 is 20.5 Å². The smallest absolute Gasteiger partial charge is 0.301 e. The number of nitrogen functional groups attached to an aromatic ring is 1. The average molecular weight is 394 g/mol. The molecule has 0 saturated heterocycles. The first-order valence-corrected chi connectivity index (χ1v) is 9.07. The van der Waals surface area contributed by atoms with Gasteiger partial charge in [-0.15, -0.1) is 0 Å². The number of anilines is 3. The zero-order valence-corrected chi connectivity index (χ0v) is 16.5. The van der Waals surface area contributed by atoms with E-state index in [4.69, 9.17) is 19.6 Å². The molecule has 0 aliphatic carbocycles. The summed E-state index contributed by atoms with van der Waals surface area (Å²) in [6.07, 6.45) is 1.47. The molecule has 2 aromatic carbocycles. The number of methoxy groups -OCH3 is 1. The lowest BCUT2D eigenvalue weighted by Gasteiger charge is -2.14. The van der Waals surface area contributed by atoms with Gasteiger partial charge in [-0.2, -0.15) is 4.98 Å². The van der Waals surface area contributed by atoms with E-state index in [9.17, 15) is 0 Å². The molecule has 4 aromatic rings. The molecule has 0 radical (unpaired) electrons. The third-order valence-corrected chi connectivity index (χ3v) is 4.35. The maximum Gasteiger partial charge on any atom is 0.301 e. The SMILES string of the molecule is COc1cc2c(Nc3nc4ccc(N)cc4o3)ncnc2cc1OCCN(C)C. The number of nitrogens with two attached hydrogens (primary N) is 1. The summed E-state index contributed by atoms with van der Waals surface area (Å²) in [6.45, 7) is 1.33. The molecular weight excluding hydrogens is 372 g/mol. The van der Waals surface area contributed by atoms with Crippen molar-refractivity contribution in [1.82, 2.24) is 19.9 Å². The van der Waals surface area contributed by atoms with Crippen LogP contribution in [0.25, 0.3) is 22.0 Å². The summed E-state index contributed by atoms with van der Waals surface area (Å²) in [7, 11) is 5.58. The minimum Gasteiger partial charge on any atom is -0.493 e. The number of oxazole rings is 1. The van der Waals surface area contributed by atoms with Crippen LogP contribution in [0.15, 0.2) is 41.1 Å². The van der Waals surface area contributed by atoms with E-state index in [2.05, 4.69) is 20.3 Å². The summed E-state index contributed by atoms with van der Waals surface area (Å²) < 4.78 is 17.1. The fourth-order valence-corrected chi connectivity index (χ4v) is 2.87. The quantitative estimate of drug-likeness (QED) is 0.457.